The van der Waals surface area contributed by atoms with Crippen molar-refractivity contribution in [2.75, 3.05) is 13.2 Å². The minimum atomic E-state index is 0.122. The van der Waals surface area contributed by atoms with E-state index in [9.17, 15) is 0 Å². The molecular weight excluding hydrogens is 210 g/mol. The summed E-state index contributed by atoms with van der Waals surface area (Å²) in [5.74, 6) is 1.02. The number of aryl methyl sites for hydroxylation is 1. The van der Waals surface area contributed by atoms with Gasteiger partial charge in [-0.2, -0.15) is 0 Å². The van der Waals surface area contributed by atoms with Crippen LogP contribution in [0, 0.1) is 6.92 Å². The maximum Gasteiger partial charge on any atom is 0.123 e. The molecule has 17 heavy (non-hydrogen) atoms. The van der Waals surface area contributed by atoms with E-state index in [0.29, 0.717) is 0 Å². The molecule has 1 aromatic carbocycles. The van der Waals surface area contributed by atoms with E-state index in [0.717, 1.165) is 31.7 Å². The Labute approximate surface area is 105 Å². The van der Waals surface area contributed by atoms with Crippen LogP contribution in [0.3, 0.4) is 0 Å². The minimum Gasteiger partial charge on any atom is -0.493 e. The lowest BCUT2D eigenvalue weighted by Crippen LogP contribution is -2.14. The van der Waals surface area contributed by atoms with Gasteiger partial charge in [0.25, 0.3) is 0 Å². The molecular formula is C15H25NO. The Kier molecular flexibility index (Phi) is 5.01. The zero-order valence-electron chi connectivity index (χ0n) is 11.5. The minimum absolute atomic E-state index is 0.122. The maximum absolute atomic E-state index is 5.89. The summed E-state index contributed by atoms with van der Waals surface area (Å²) in [4.78, 5) is 0. The summed E-state index contributed by atoms with van der Waals surface area (Å²) >= 11 is 0. The molecule has 0 aliphatic carbocycles. The van der Waals surface area contributed by atoms with Gasteiger partial charge in [0, 0.05) is 0 Å². The number of hydrogen-bond donors (Lipinski definition) is 1. The molecule has 2 N–H and O–H groups in total. The van der Waals surface area contributed by atoms with E-state index >= 15 is 0 Å². The molecule has 0 fully saturated rings. The lowest BCUT2D eigenvalue weighted by molar-refractivity contribution is 0.299. The topological polar surface area (TPSA) is 35.2 Å². The third kappa shape index (κ3) is 4.39. The maximum atomic E-state index is 5.89. The van der Waals surface area contributed by atoms with Gasteiger partial charge in [0.05, 0.1) is 6.61 Å². The Bertz CT molecular complexity index is 352. The quantitative estimate of drug-likeness (QED) is 0.794. The second kappa shape index (κ2) is 6.06. The highest BCUT2D eigenvalue weighted by molar-refractivity contribution is 5.41. The summed E-state index contributed by atoms with van der Waals surface area (Å²) in [7, 11) is 0. The molecule has 0 aromatic heterocycles. The lowest BCUT2D eigenvalue weighted by atomic mass is 9.86. The summed E-state index contributed by atoms with van der Waals surface area (Å²) < 4.78 is 5.89. The fraction of sp³-hybridized carbons (Fsp3) is 0.600. The second-order valence-corrected chi connectivity index (χ2v) is 5.59. The van der Waals surface area contributed by atoms with Crippen molar-refractivity contribution in [3.05, 3.63) is 29.3 Å². The predicted octanol–water partition coefficient (Wildman–Crippen LogP) is 3.41. The molecule has 0 aliphatic rings. The molecule has 2 nitrogen and oxygen atoms in total. The highest BCUT2D eigenvalue weighted by Crippen LogP contribution is 2.32. The number of nitrogens with two attached hydrogens (primary N) is 1. The van der Waals surface area contributed by atoms with E-state index in [4.69, 9.17) is 10.5 Å². The number of rotatable bonds is 5. The number of unbranched alkanes of at least 4 members (excludes halogenated alkanes) is 1. The lowest BCUT2D eigenvalue weighted by Gasteiger charge is -2.23. The van der Waals surface area contributed by atoms with Crippen LogP contribution < -0.4 is 10.5 Å². The molecule has 1 rings (SSSR count). The molecule has 1 aromatic rings. The van der Waals surface area contributed by atoms with Gasteiger partial charge in [-0.25, -0.2) is 0 Å². The van der Waals surface area contributed by atoms with Crippen LogP contribution in [-0.4, -0.2) is 13.2 Å². The van der Waals surface area contributed by atoms with Crippen LogP contribution in [0.1, 0.15) is 44.7 Å². The highest BCUT2D eigenvalue weighted by atomic mass is 16.5. The standard InChI is InChI=1S/C15H25NO/c1-12-7-8-13(15(2,3)4)14(11-12)17-10-6-5-9-16/h7-8,11H,5-6,9-10,16H2,1-4H3. The van der Waals surface area contributed by atoms with Crippen LogP contribution in [0.4, 0.5) is 0 Å². The number of ether oxygens (including phenoxy) is 1. The van der Waals surface area contributed by atoms with Crippen molar-refractivity contribution in [2.24, 2.45) is 5.73 Å². The van der Waals surface area contributed by atoms with E-state index in [-0.39, 0.29) is 5.41 Å². The van der Waals surface area contributed by atoms with Gasteiger partial charge in [0.15, 0.2) is 0 Å². The first-order valence-corrected chi connectivity index (χ1v) is 6.39. The van der Waals surface area contributed by atoms with Gasteiger partial charge in [-0.3, -0.25) is 0 Å². The van der Waals surface area contributed by atoms with E-state index < -0.39 is 0 Å². The molecule has 0 atom stereocenters. The van der Waals surface area contributed by atoms with Gasteiger partial charge < -0.3 is 10.5 Å². The second-order valence-electron chi connectivity index (χ2n) is 5.59. The summed E-state index contributed by atoms with van der Waals surface area (Å²) in [5, 5.41) is 0. The monoisotopic (exact) mass is 235 g/mol. The van der Waals surface area contributed by atoms with Crippen molar-refractivity contribution in [3.63, 3.8) is 0 Å². The van der Waals surface area contributed by atoms with E-state index in [2.05, 4.69) is 45.9 Å². The largest absolute Gasteiger partial charge is 0.493 e. The molecule has 0 saturated heterocycles. The molecule has 0 unspecified atom stereocenters. The van der Waals surface area contributed by atoms with E-state index in [1.165, 1.54) is 11.1 Å². The number of benzene rings is 1. The van der Waals surface area contributed by atoms with Crippen molar-refractivity contribution >= 4 is 0 Å². The van der Waals surface area contributed by atoms with Gasteiger partial charge in [0.1, 0.15) is 5.75 Å². The van der Waals surface area contributed by atoms with Crippen LogP contribution in [0.15, 0.2) is 18.2 Å². The third-order valence-corrected chi connectivity index (χ3v) is 2.80. The number of hydrogen-bond acceptors (Lipinski definition) is 2. The van der Waals surface area contributed by atoms with Crippen LogP contribution in [0.2, 0.25) is 0 Å². The Morgan fingerprint density at radius 3 is 2.47 bits per heavy atom. The van der Waals surface area contributed by atoms with Crippen molar-refractivity contribution in [1.82, 2.24) is 0 Å². The van der Waals surface area contributed by atoms with Gasteiger partial charge in [-0.15, -0.1) is 0 Å². The van der Waals surface area contributed by atoms with Crippen molar-refractivity contribution in [1.29, 1.82) is 0 Å². The van der Waals surface area contributed by atoms with E-state index in [1.807, 2.05) is 0 Å². The highest BCUT2D eigenvalue weighted by Gasteiger charge is 2.18. The first kappa shape index (κ1) is 14.0. The summed E-state index contributed by atoms with van der Waals surface area (Å²) in [6.07, 6.45) is 2.05. The third-order valence-electron chi connectivity index (χ3n) is 2.80. The van der Waals surface area contributed by atoms with Crippen LogP contribution >= 0.6 is 0 Å². The summed E-state index contributed by atoms with van der Waals surface area (Å²) in [6, 6.07) is 6.45. The molecule has 0 spiro atoms. The van der Waals surface area contributed by atoms with Crippen LogP contribution in [0.5, 0.6) is 5.75 Å². The van der Waals surface area contributed by atoms with Crippen molar-refractivity contribution in [3.8, 4) is 5.75 Å². The zero-order valence-corrected chi connectivity index (χ0v) is 11.5. The SMILES string of the molecule is Cc1ccc(C(C)(C)C)c(OCCCCN)c1. The molecule has 0 radical (unpaired) electrons. The Morgan fingerprint density at radius 1 is 1.18 bits per heavy atom. The Hall–Kier alpha value is -1.02. The van der Waals surface area contributed by atoms with Crippen molar-refractivity contribution < 1.29 is 4.74 Å². The van der Waals surface area contributed by atoms with Crippen LogP contribution in [0.25, 0.3) is 0 Å². The molecule has 0 heterocycles. The normalized spacial score (nSPS) is 11.6. The van der Waals surface area contributed by atoms with Gasteiger partial charge >= 0.3 is 0 Å². The summed E-state index contributed by atoms with van der Waals surface area (Å²) in [6.45, 7) is 10.2. The fourth-order valence-corrected chi connectivity index (χ4v) is 1.80. The summed E-state index contributed by atoms with van der Waals surface area (Å²) in [5.41, 5.74) is 8.11. The van der Waals surface area contributed by atoms with Gasteiger partial charge in [0.2, 0.25) is 0 Å². The average Bonchev–Trinajstić information content (AvgIpc) is 2.23. The van der Waals surface area contributed by atoms with Gasteiger partial charge in [-0.05, 0) is 48.9 Å². The molecule has 2 heteroatoms. The fourth-order valence-electron chi connectivity index (χ4n) is 1.80. The molecule has 0 saturated carbocycles. The first-order chi connectivity index (χ1) is 7.95. The molecule has 0 aliphatic heterocycles. The smallest absolute Gasteiger partial charge is 0.123 e. The first-order valence-electron chi connectivity index (χ1n) is 6.39. The van der Waals surface area contributed by atoms with Crippen molar-refractivity contribution in [2.45, 2.75) is 46.0 Å². The molecule has 0 amide bonds. The molecule has 0 bridgehead atoms. The Balaban J connectivity index is 2.77. The Morgan fingerprint density at radius 2 is 1.88 bits per heavy atom. The molecule has 96 valence electrons. The average molecular weight is 235 g/mol. The van der Waals surface area contributed by atoms with Crippen LogP contribution in [-0.2, 0) is 5.41 Å². The predicted molar refractivity (Wildman–Crippen MR) is 73.7 cm³/mol. The van der Waals surface area contributed by atoms with E-state index in [1.54, 1.807) is 0 Å². The van der Waals surface area contributed by atoms with Gasteiger partial charge in [-0.1, -0.05) is 32.9 Å². The zero-order chi connectivity index (χ0) is 12.9.